The molecule has 1 saturated carbocycles. The van der Waals surface area contributed by atoms with Crippen LogP contribution >= 0.6 is 0 Å². The van der Waals surface area contributed by atoms with E-state index in [1.807, 2.05) is 0 Å². The van der Waals surface area contributed by atoms with Crippen molar-refractivity contribution in [2.45, 2.75) is 39.0 Å². The molecule has 1 nitrogen and oxygen atoms in total. The lowest BCUT2D eigenvalue weighted by atomic mass is 9.85. The first-order chi connectivity index (χ1) is 7.38. The highest BCUT2D eigenvalue weighted by Crippen LogP contribution is 2.26. The molecule has 0 unspecified atom stereocenters. The molecule has 0 heterocycles. The van der Waals surface area contributed by atoms with E-state index in [0.29, 0.717) is 0 Å². The van der Waals surface area contributed by atoms with Gasteiger partial charge in [0.05, 0.1) is 0 Å². The monoisotopic (exact) mass is 203 g/mol. The molecule has 1 aliphatic rings. The number of anilines is 1. The molecule has 0 amide bonds. The molecule has 0 atom stereocenters. The smallest absolute Gasteiger partial charge is 0.0340 e. The molecular formula is C14H21N. The molecule has 15 heavy (non-hydrogen) atoms. The van der Waals surface area contributed by atoms with Crippen molar-refractivity contribution < 1.29 is 0 Å². The van der Waals surface area contributed by atoms with Gasteiger partial charge in [0.1, 0.15) is 0 Å². The minimum absolute atomic E-state index is 0.931. The third-order valence-corrected chi connectivity index (χ3v) is 3.31. The van der Waals surface area contributed by atoms with Crippen LogP contribution in [0.15, 0.2) is 24.3 Å². The standard InChI is InChI=1S/C14H21N/c1-2-4-12-7-9-14(10-8-12)15-11-13-5-3-6-13/h7-10,13,15H,2-6,11H2,1H3. The Balaban J connectivity index is 1.80. The van der Waals surface area contributed by atoms with Gasteiger partial charge in [-0.3, -0.25) is 0 Å². The summed E-state index contributed by atoms with van der Waals surface area (Å²) in [5.41, 5.74) is 2.73. The van der Waals surface area contributed by atoms with Crippen LogP contribution < -0.4 is 5.32 Å². The summed E-state index contributed by atoms with van der Waals surface area (Å²) in [6.07, 6.45) is 6.70. The first-order valence-electron chi connectivity index (χ1n) is 6.21. The highest BCUT2D eigenvalue weighted by atomic mass is 14.9. The van der Waals surface area contributed by atoms with Crippen LogP contribution in [0.1, 0.15) is 38.2 Å². The Hall–Kier alpha value is -0.980. The average Bonchev–Trinajstić information content (AvgIpc) is 2.19. The Labute approximate surface area is 92.9 Å². The number of rotatable bonds is 5. The molecule has 0 radical (unpaired) electrons. The maximum absolute atomic E-state index is 3.52. The average molecular weight is 203 g/mol. The molecule has 2 rings (SSSR count). The molecule has 0 aliphatic heterocycles. The number of nitrogens with one attached hydrogen (secondary N) is 1. The van der Waals surface area contributed by atoms with Crippen molar-refractivity contribution in [2.24, 2.45) is 5.92 Å². The summed E-state index contributed by atoms with van der Waals surface area (Å²) < 4.78 is 0. The lowest BCUT2D eigenvalue weighted by Crippen LogP contribution is -2.20. The number of hydrogen-bond acceptors (Lipinski definition) is 1. The Kier molecular flexibility index (Phi) is 3.65. The Morgan fingerprint density at radius 2 is 1.93 bits per heavy atom. The largest absolute Gasteiger partial charge is 0.385 e. The van der Waals surface area contributed by atoms with Crippen LogP contribution in [0, 0.1) is 5.92 Å². The summed E-state index contributed by atoms with van der Waals surface area (Å²) in [5.74, 6) is 0.931. The fourth-order valence-electron chi connectivity index (χ4n) is 2.04. The van der Waals surface area contributed by atoms with Crippen LogP contribution in [0.5, 0.6) is 0 Å². The highest BCUT2D eigenvalue weighted by Gasteiger charge is 2.16. The summed E-state index contributed by atoms with van der Waals surface area (Å²) in [4.78, 5) is 0. The summed E-state index contributed by atoms with van der Waals surface area (Å²) in [6.45, 7) is 3.38. The Morgan fingerprint density at radius 1 is 1.20 bits per heavy atom. The minimum atomic E-state index is 0.931. The SMILES string of the molecule is CCCc1ccc(NCC2CCC2)cc1. The second kappa shape index (κ2) is 5.20. The number of aryl methyl sites for hydroxylation is 1. The summed E-state index contributed by atoms with van der Waals surface area (Å²) in [5, 5.41) is 3.52. The van der Waals surface area contributed by atoms with E-state index in [9.17, 15) is 0 Å². The summed E-state index contributed by atoms with van der Waals surface area (Å²) in [6, 6.07) is 8.91. The van der Waals surface area contributed by atoms with Crippen LogP contribution in [-0.4, -0.2) is 6.54 Å². The van der Waals surface area contributed by atoms with Gasteiger partial charge in [0.25, 0.3) is 0 Å². The second-order valence-corrected chi connectivity index (χ2v) is 4.62. The van der Waals surface area contributed by atoms with E-state index >= 15 is 0 Å². The van der Waals surface area contributed by atoms with Gasteiger partial charge in [-0.15, -0.1) is 0 Å². The molecule has 1 aromatic carbocycles. The van der Waals surface area contributed by atoms with E-state index in [1.54, 1.807) is 0 Å². The van der Waals surface area contributed by atoms with Gasteiger partial charge < -0.3 is 5.32 Å². The fraction of sp³-hybridized carbons (Fsp3) is 0.571. The van der Waals surface area contributed by atoms with Crippen molar-refractivity contribution in [3.8, 4) is 0 Å². The van der Waals surface area contributed by atoms with Crippen molar-refractivity contribution in [1.29, 1.82) is 0 Å². The first kappa shape index (κ1) is 10.5. The third-order valence-electron chi connectivity index (χ3n) is 3.31. The normalized spacial score (nSPS) is 16.1. The lowest BCUT2D eigenvalue weighted by molar-refractivity contribution is 0.333. The molecule has 1 fully saturated rings. The van der Waals surface area contributed by atoms with Crippen LogP contribution in [0.4, 0.5) is 5.69 Å². The lowest BCUT2D eigenvalue weighted by Gasteiger charge is -2.25. The van der Waals surface area contributed by atoms with Gasteiger partial charge >= 0.3 is 0 Å². The quantitative estimate of drug-likeness (QED) is 0.766. The fourth-order valence-corrected chi connectivity index (χ4v) is 2.04. The predicted molar refractivity (Wildman–Crippen MR) is 66.3 cm³/mol. The van der Waals surface area contributed by atoms with Crippen molar-refractivity contribution in [3.63, 3.8) is 0 Å². The second-order valence-electron chi connectivity index (χ2n) is 4.62. The maximum Gasteiger partial charge on any atom is 0.0340 e. The van der Waals surface area contributed by atoms with Crippen LogP contribution in [0.2, 0.25) is 0 Å². The van der Waals surface area contributed by atoms with Crippen LogP contribution in [-0.2, 0) is 6.42 Å². The van der Waals surface area contributed by atoms with Gasteiger partial charge in [0, 0.05) is 12.2 Å². The zero-order valence-corrected chi connectivity index (χ0v) is 9.63. The van der Waals surface area contributed by atoms with Gasteiger partial charge in [-0.1, -0.05) is 31.9 Å². The minimum Gasteiger partial charge on any atom is -0.385 e. The zero-order chi connectivity index (χ0) is 10.5. The van der Waals surface area contributed by atoms with Crippen molar-refractivity contribution >= 4 is 5.69 Å². The van der Waals surface area contributed by atoms with E-state index in [4.69, 9.17) is 0 Å². The van der Waals surface area contributed by atoms with Crippen molar-refractivity contribution in [1.82, 2.24) is 0 Å². The van der Waals surface area contributed by atoms with Gasteiger partial charge in [0.2, 0.25) is 0 Å². The van der Waals surface area contributed by atoms with Gasteiger partial charge in [0.15, 0.2) is 0 Å². The molecule has 0 aromatic heterocycles. The molecule has 0 saturated heterocycles. The molecule has 1 N–H and O–H groups in total. The molecule has 1 aliphatic carbocycles. The molecule has 0 bridgehead atoms. The Bertz CT molecular complexity index is 285. The molecule has 0 spiro atoms. The van der Waals surface area contributed by atoms with Gasteiger partial charge in [-0.25, -0.2) is 0 Å². The van der Waals surface area contributed by atoms with E-state index in [0.717, 1.165) is 12.5 Å². The zero-order valence-electron chi connectivity index (χ0n) is 9.63. The molecule has 1 heteroatoms. The molecule has 1 aromatic rings. The summed E-state index contributed by atoms with van der Waals surface area (Å²) in [7, 11) is 0. The first-order valence-corrected chi connectivity index (χ1v) is 6.21. The van der Waals surface area contributed by atoms with Crippen LogP contribution in [0.25, 0.3) is 0 Å². The molecule has 82 valence electrons. The third kappa shape index (κ3) is 2.98. The summed E-state index contributed by atoms with van der Waals surface area (Å²) >= 11 is 0. The number of benzene rings is 1. The van der Waals surface area contributed by atoms with E-state index in [-0.39, 0.29) is 0 Å². The van der Waals surface area contributed by atoms with Gasteiger partial charge in [-0.05, 0) is 42.9 Å². The van der Waals surface area contributed by atoms with E-state index < -0.39 is 0 Å². The highest BCUT2D eigenvalue weighted by molar-refractivity contribution is 5.44. The van der Waals surface area contributed by atoms with Crippen molar-refractivity contribution in [2.75, 3.05) is 11.9 Å². The van der Waals surface area contributed by atoms with Gasteiger partial charge in [-0.2, -0.15) is 0 Å². The number of hydrogen-bond donors (Lipinski definition) is 1. The Morgan fingerprint density at radius 3 is 2.47 bits per heavy atom. The predicted octanol–water partition coefficient (Wildman–Crippen LogP) is 3.85. The molecular weight excluding hydrogens is 182 g/mol. The van der Waals surface area contributed by atoms with E-state index in [2.05, 4.69) is 36.5 Å². The van der Waals surface area contributed by atoms with E-state index in [1.165, 1.54) is 43.4 Å². The topological polar surface area (TPSA) is 12.0 Å². The van der Waals surface area contributed by atoms with Crippen molar-refractivity contribution in [3.05, 3.63) is 29.8 Å². The maximum atomic E-state index is 3.52. The van der Waals surface area contributed by atoms with Crippen LogP contribution in [0.3, 0.4) is 0 Å².